The van der Waals surface area contributed by atoms with Crippen LogP contribution >= 0.6 is 0 Å². The van der Waals surface area contributed by atoms with Gasteiger partial charge in [0.1, 0.15) is 0 Å². The highest BCUT2D eigenvalue weighted by Crippen LogP contribution is 2.42. The molecule has 162 valence electrons. The molecule has 0 saturated carbocycles. The second-order valence-electron chi connectivity index (χ2n) is 7.79. The third-order valence-corrected chi connectivity index (χ3v) is 5.50. The van der Waals surface area contributed by atoms with E-state index in [2.05, 4.69) is 19.7 Å². The number of hydrogen-bond donors (Lipinski definition) is 0. The van der Waals surface area contributed by atoms with E-state index in [1.165, 1.54) is 0 Å². The first-order valence-electron chi connectivity index (χ1n) is 10.5. The second kappa shape index (κ2) is 9.86. The Balaban J connectivity index is 1.81. The number of ether oxygens (including phenoxy) is 1. The normalized spacial score (nSPS) is 12.3. The molecule has 4 heteroatoms. The maximum absolute atomic E-state index is 15.1. The van der Waals surface area contributed by atoms with Gasteiger partial charge in [0.15, 0.2) is 23.1 Å². The van der Waals surface area contributed by atoms with Gasteiger partial charge in [0, 0.05) is 17.5 Å². The fourth-order valence-corrected chi connectivity index (χ4v) is 3.52. The molecule has 31 heavy (non-hydrogen) atoms. The first-order valence-corrected chi connectivity index (χ1v) is 10.5. The Bertz CT molecular complexity index is 1060. The van der Waals surface area contributed by atoms with Crippen LogP contribution in [0.2, 0.25) is 0 Å². The highest BCUT2D eigenvalue weighted by Gasteiger charge is 2.28. The average Bonchev–Trinajstić information content (AvgIpc) is 2.77. The van der Waals surface area contributed by atoms with Crippen LogP contribution in [0.15, 0.2) is 67.3 Å². The quantitative estimate of drug-likeness (QED) is 0.250. The van der Waals surface area contributed by atoms with Crippen molar-refractivity contribution in [3.63, 3.8) is 0 Å². The average molecular weight is 425 g/mol. The van der Waals surface area contributed by atoms with Crippen molar-refractivity contribution in [1.29, 1.82) is 0 Å². The number of fused-ring (bicyclic) bond motifs is 2. The van der Waals surface area contributed by atoms with Gasteiger partial charge in [-0.3, -0.25) is 0 Å². The molecule has 0 spiro atoms. The molecule has 1 nitrogen and oxygen atoms in total. The predicted octanol–water partition coefficient (Wildman–Crippen LogP) is 7.93. The van der Waals surface area contributed by atoms with Gasteiger partial charge in [-0.05, 0) is 49.3 Å². The van der Waals surface area contributed by atoms with Crippen LogP contribution in [0.4, 0.5) is 13.2 Å². The lowest BCUT2D eigenvalue weighted by atomic mass is 9.94. The van der Waals surface area contributed by atoms with E-state index >= 15 is 4.39 Å². The lowest BCUT2D eigenvalue weighted by Gasteiger charge is -2.23. The van der Waals surface area contributed by atoms with Crippen molar-refractivity contribution in [3.05, 3.63) is 107 Å². The molecule has 0 radical (unpaired) electrons. The largest absolute Gasteiger partial charge is 0.450 e. The van der Waals surface area contributed by atoms with Crippen LogP contribution in [-0.2, 0) is 19.3 Å². The van der Waals surface area contributed by atoms with Crippen molar-refractivity contribution < 1.29 is 17.9 Å². The van der Waals surface area contributed by atoms with Crippen molar-refractivity contribution in [3.8, 4) is 11.5 Å². The summed E-state index contributed by atoms with van der Waals surface area (Å²) >= 11 is 0. The van der Waals surface area contributed by atoms with E-state index in [0.717, 1.165) is 17.6 Å². The summed E-state index contributed by atoms with van der Waals surface area (Å²) in [5, 5.41) is 0. The Morgan fingerprint density at radius 1 is 0.935 bits per heavy atom. The van der Waals surface area contributed by atoms with Crippen LogP contribution in [0.1, 0.15) is 48.4 Å². The van der Waals surface area contributed by atoms with Gasteiger partial charge >= 0.3 is 0 Å². The van der Waals surface area contributed by atoms with Crippen LogP contribution in [0.5, 0.6) is 11.5 Å². The lowest BCUT2D eigenvalue weighted by Crippen LogP contribution is -2.11. The number of rotatable bonds is 9. The summed E-state index contributed by atoms with van der Waals surface area (Å²) in [5.74, 6) is -2.80. The number of allylic oxidation sites excluding steroid dienone is 5. The number of benzene rings is 2. The molecule has 2 aromatic carbocycles. The minimum Gasteiger partial charge on any atom is -0.450 e. The van der Waals surface area contributed by atoms with E-state index in [-0.39, 0.29) is 23.5 Å². The zero-order valence-electron chi connectivity index (χ0n) is 17.9. The maximum atomic E-state index is 15.1. The summed E-state index contributed by atoms with van der Waals surface area (Å²) in [5.41, 5.74) is 3.72. The van der Waals surface area contributed by atoms with E-state index in [9.17, 15) is 8.78 Å². The van der Waals surface area contributed by atoms with Crippen LogP contribution in [-0.4, -0.2) is 0 Å². The zero-order chi connectivity index (χ0) is 22.5. The standard InChI is InChI=1S/C27H27F3O/c1-5-7-8-20-15-22-16-21-14-13-19(12-11-18(4)10-9-17(3)6-2)24(29)26(21)31-27(22)25(30)23(20)28/h5,9-10,13-15H,1,3-4,6-8,11-12,16H2,2H3/b10-9-. The Morgan fingerprint density at radius 3 is 2.35 bits per heavy atom. The lowest BCUT2D eigenvalue weighted by molar-refractivity contribution is 0.377. The molecule has 1 aliphatic heterocycles. The molecule has 0 amide bonds. The number of hydrogen-bond acceptors (Lipinski definition) is 1. The van der Waals surface area contributed by atoms with Gasteiger partial charge in [0.05, 0.1) is 0 Å². The Kier molecular flexibility index (Phi) is 7.21. The number of aryl methyl sites for hydroxylation is 2. The third kappa shape index (κ3) is 5.01. The highest BCUT2D eigenvalue weighted by atomic mass is 19.2. The monoisotopic (exact) mass is 424 g/mol. The van der Waals surface area contributed by atoms with Gasteiger partial charge in [-0.2, -0.15) is 4.39 Å². The Labute approximate surface area is 182 Å². The molecular weight excluding hydrogens is 397 g/mol. The summed E-state index contributed by atoms with van der Waals surface area (Å²) in [6.45, 7) is 13.5. The van der Waals surface area contributed by atoms with Gasteiger partial charge in [-0.25, -0.2) is 8.78 Å². The molecule has 3 rings (SSSR count). The fourth-order valence-electron chi connectivity index (χ4n) is 3.52. The minimum atomic E-state index is -1.07. The summed E-state index contributed by atoms with van der Waals surface area (Å²) in [6.07, 6.45) is 8.47. The van der Waals surface area contributed by atoms with Crippen LogP contribution in [0, 0.1) is 17.5 Å². The molecule has 0 unspecified atom stereocenters. The molecule has 0 aromatic heterocycles. The molecule has 0 aliphatic carbocycles. The number of halogens is 3. The molecule has 1 aliphatic rings. The smallest absolute Gasteiger partial charge is 0.201 e. The summed E-state index contributed by atoms with van der Waals surface area (Å²) in [7, 11) is 0. The van der Waals surface area contributed by atoms with Gasteiger partial charge in [0.2, 0.25) is 5.82 Å². The first-order chi connectivity index (χ1) is 14.8. The maximum Gasteiger partial charge on any atom is 0.201 e. The summed E-state index contributed by atoms with van der Waals surface area (Å²) in [6, 6.07) is 5.12. The molecule has 0 saturated heterocycles. The first kappa shape index (κ1) is 22.7. The third-order valence-electron chi connectivity index (χ3n) is 5.50. The van der Waals surface area contributed by atoms with Crippen molar-refractivity contribution in [1.82, 2.24) is 0 Å². The van der Waals surface area contributed by atoms with Crippen molar-refractivity contribution >= 4 is 0 Å². The Hall–Kier alpha value is -3.01. The van der Waals surface area contributed by atoms with E-state index in [4.69, 9.17) is 4.74 Å². The molecule has 0 atom stereocenters. The van der Waals surface area contributed by atoms with Gasteiger partial charge in [-0.15, -0.1) is 6.58 Å². The molecule has 0 bridgehead atoms. The summed E-state index contributed by atoms with van der Waals surface area (Å²) < 4.78 is 49.8. The van der Waals surface area contributed by atoms with Crippen molar-refractivity contribution in [2.45, 2.75) is 45.4 Å². The highest BCUT2D eigenvalue weighted by molar-refractivity contribution is 5.53. The molecule has 0 fully saturated rings. The van der Waals surface area contributed by atoms with Crippen LogP contribution < -0.4 is 4.74 Å². The van der Waals surface area contributed by atoms with Gasteiger partial charge in [-0.1, -0.05) is 61.6 Å². The molecule has 1 heterocycles. The van der Waals surface area contributed by atoms with Crippen molar-refractivity contribution in [2.75, 3.05) is 0 Å². The van der Waals surface area contributed by atoms with E-state index in [1.54, 1.807) is 24.3 Å². The van der Waals surface area contributed by atoms with Crippen molar-refractivity contribution in [2.24, 2.45) is 0 Å². The van der Waals surface area contributed by atoms with Crippen LogP contribution in [0.25, 0.3) is 0 Å². The zero-order valence-corrected chi connectivity index (χ0v) is 17.9. The predicted molar refractivity (Wildman–Crippen MR) is 120 cm³/mol. The summed E-state index contributed by atoms with van der Waals surface area (Å²) in [4.78, 5) is 0. The molecular formula is C27H27F3O. The topological polar surface area (TPSA) is 9.23 Å². The Morgan fingerprint density at radius 2 is 1.65 bits per heavy atom. The molecule has 0 N–H and O–H groups in total. The fraction of sp³-hybridized carbons (Fsp3) is 0.259. The molecule has 2 aromatic rings. The van der Waals surface area contributed by atoms with Gasteiger partial charge in [0.25, 0.3) is 0 Å². The minimum absolute atomic E-state index is 0.0253. The van der Waals surface area contributed by atoms with E-state index < -0.39 is 17.5 Å². The van der Waals surface area contributed by atoms with E-state index in [1.807, 2.05) is 19.1 Å². The second-order valence-corrected chi connectivity index (χ2v) is 7.79. The SMILES string of the molecule is C=CCCc1cc2c(c(F)c1F)Oc1c(ccc(CCC(=C)/C=C\C(=C)CC)c1F)C2. The van der Waals surface area contributed by atoms with Crippen LogP contribution in [0.3, 0.4) is 0 Å². The van der Waals surface area contributed by atoms with Gasteiger partial charge < -0.3 is 4.74 Å². The van der Waals surface area contributed by atoms with E-state index in [0.29, 0.717) is 42.4 Å².